The number of carbonyl (C=O) groups is 3. The third-order valence-electron chi connectivity index (χ3n) is 5.67. The maximum absolute atomic E-state index is 13.8. The molecule has 0 aliphatic heterocycles. The van der Waals surface area contributed by atoms with Gasteiger partial charge in [0.05, 0.1) is 0 Å². The molecule has 1 fully saturated rings. The largest absolute Gasteiger partial charge is 0.444 e. The fraction of sp³-hybridized carbons (Fsp3) is 0.577. The third-order valence-corrected chi connectivity index (χ3v) is 6.03. The third kappa shape index (κ3) is 7.79. The molecule has 8 heteroatoms. The van der Waals surface area contributed by atoms with Crippen molar-refractivity contribution in [2.45, 2.75) is 77.6 Å². The summed E-state index contributed by atoms with van der Waals surface area (Å²) in [6.45, 7) is 13.7. The Morgan fingerprint density at radius 2 is 2.00 bits per heavy atom. The van der Waals surface area contributed by atoms with Crippen LogP contribution in [-0.4, -0.2) is 52.8 Å². The minimum absolute atomic E-state index is 0.0759. The predicted molar refractivity (Wildman–Crippen MR) is 139 cm³/mol. The topological polar surface area (TPSA) is 87.7 Å². The zero-order valence-corrected chi connectivity index (χ0v) is 21.9. The number of hydrogen-bond acceptors (Lipinski definition) is 5. The average Bonchev–Trinajstić information content (AvgIpc) is 3.49. The number of nitrogens with one attached hydrogen (secondary N) is 2. The lowest BCUT2D eigenvalue weighted by Crippen LogP contribution is -2.54. The second kappa shape index (κ2) is 12.3. The van der Waals surface area contributed by atoms with Crippen molar-refractivity contribution in [3.63, 3.8) is 0 Å². The van der Waals surface area contributed by atoms with Crippen LogP contribution in [0.5, 0.6) is 0 Å². The zero-order chi connectivity index (χ0) is 25.5. The Bertz CT molecular complexity index is 883. The highest BCUT2D eigenvalue weighted by molar-refractivity contribution is 7.80. The minimum Gasteiger partial charge on any atom is -0.444 e. The van der Waals surface area contributed by atoms with Crippen molar-refractivity contribution >= 4 is 36.6 Å². The first kappa shape index (κ1) is 27.8. The van der Waals surface area contributed by atoms with Gasteiger partial charge in [0.25, 0.3) is 0 Å². The monoisotopic (exact) mass is 489 g/mol. The van der Waals surface area contributed by atoms with Crippen LogP contribution in [0.15, 0.2) is 30.8 Å². The molecule has 0 radical (unpaired) electrons. The normalized spacial score (nSPS) is 18.9. The maximum Gasteiger partial charge on any atom is 0.408 e. The molecule has 188 valence electrons. The van der Waals surface area contributed by atoms with Crippen LogP contribution in [0.1, 0.15) is 71.0 Å². The number of thiol groups is 1. The van der Waals surface area contributed by atoms with Gasteiger partial charge in [0, 0.05) is 18.3 Å². The quantitative estimate of drug-likeness (QED) is 0.319. The Balaban J connectivity index is 2.42. The predicted octanol–water partition coefficient (Wildman–Crippen LogP) is 4.35. The number of unbranched alkanes of at least 4 members (excludes halogenated alkanes) is 1. The Morgan fingerprint density at radius 1 is 1.32 bits per heavy atom. The van der Waals surface area contributed by atoms with E-state index in [1.54, 1.807) is 31.7 Å². The summed E-state index contributed by atoms with van der Waals surface area (Å²) < 4.78 is 5.34. The number of benzene rings is 1. The first-order valence-electron chi connectivity index (χ1n) is 11.9. The van der Waals surface area contributed by atoms with Crippen LogP contribution >= 0.6 is 12.6 Å². The molecule has 0 saturated heterocycles. The van der Waals surface area contributed by atoms with Crippen molar-refractivity contribution in [3.05, 3.63) is 42.0 Å². The lowest BCUT2D eigenvalue weighted by Gasteiger charge is -2.35. The molecular weight excluding hydrogens is 450 g/mol. The Labute approximate surface area is 209 Å². The van der Waals surface area contributed by atoms with Crippen molar-refractivity contribution in [2.24, 2.45) is 5.92 Å². The van der Waals surface area contributed by atoms with Crippen molar-refractivity contribution in [3.8, 4) is 0 Å². The van der Waals surface area contributed by atoms with Crippen molar-refractivity contribution < 1.29 is 19.1 Å². The van der Waals surface area contributed by atoms with Crippen molar-refractivity contribution in [2.75, 3.05) is 12.3 Å². The second-order valence-electron chi connectivity index (χ2n) is 9.83. The second-order valence-corrected chi connectivity index (χ2v) is 10.2. The van der Waals surface area contributed by atoms with E-state index in [9.17, 15) is 14.4 Å². The van der Waals surface area contributed by atoms with Gasteiger partial charge in [0.1, 0.15) is 17.7 Å². The molecule has 34 heavy (non-hydrogen) atoms. The molecule has 7 nitrogen and oxygen atoms in total. The number of hydrogen-bond donors (Lipinski definition) is 3. The van der Waals surface area contributed by atoms with E-state index in [4.69, 9.17) is 4.74 Å². The molecule has 4 atom stereocenters. The molecule has 4 unspecified atom stereocenters. The standard InChI is InChI=1S/C26H39N3O4S/c1-7-9-13-27-23(30)22(19-12-10-11-18(8-2)15-19)29(21-14-17(21)3)24(31)20(16-34)28-25(32)33-26(4,5)6/h8,10-12,15,17,20-22,34H,2,7,9,13-14,16H2,1,3-6H3,(H,27,30)(H,28,32). The molecule has 1 aliphatic carbocycles. The van der Waals surface area contributed by atoms with Gasteiger partial charge >= 0.3 is 6.09 Å². The summed E-state index contributed by atoms with van der Waals surface area (Å²) in [6, 6.07) is 5.61. The number of carbonyl (C=O) groups excluding carboxylic acids is 3. The van der Waals surface area contributed by atoms with Gasteiger partial charge < -0.3 is 20.3 Å². The highest BCUT2D eigenvalue weighted by atomic mass is 32.1. The minimum atomic E-state index is -0.931. The van der Waals surface area contributed by atoms with Crippen LogP contribution in [0.2, 0.25) is 0 Å². The molecular formula is C26H39N3O4S. The number of nitrogens with zero attached hydrogens (tertiary/aromatic N) is 1. The Morgan fingerprint density at radius 3 is 2.53 bits per heavy atom. The zero-order valence-electron chi connectivity index (χ0n) is 21.0. The molecule has 1 aromatic rings. The summed E-state index contributed by atoms with van der Waals surface area (Å²) in [7, 11) is 0. The smallest absolute Gasteiger partial charge is 0.408 e. The average molecular weight is 490 g/mol. The fourth-order valence-electron chi connectivity index (χ4n) is 3.77. The molecule has 2 N–H and O–H groups in total. The van der Waals surface area contributed by atoms with Gasteiger partial charge in [-0.3, -0.25) is 9.59 Å². The van der Waals surface area contributed by atoms with Crippen LogP contribution in [0.25, 0.3) is 6.08 Å². The van der Waals surface area contributed by atoms with Crippen molar-refractivity contribution in [1.29, 1.82) is 0 Å². The van der Waals surface area contributed by atoms with E-state index in [-0.39, 0.29) is 29.5 Å². The van der Waals surface area contributed by atoms with E-state index in [1.165, 1.54) is 0 Å². The highest BCUT2D eigenvalue weighted by Crippen LogP contribution is 2.41. The SMILES string of the molecule is C=Cc1cccc(C(C(=O)NCCCC)N(C(=O)C(CS)NC(=O)OC(C)(C)C)C2CC2C)c1. The van der Waals surface area contributed by atoms with E-state index >= 15 is 0 Å². The summed E-state index contributed by atoms with van der Waals surface area (Å²) in [4.78, 5) is 41.3. The fourth-order valence-corrected chi connectivity index (χ4v) is 4.01. The summed E-state index contributed by atoms with van der Waals surface area (Å²) in [5.74, 6) is -0.265. The number of alkyl carbamates (subject to hydrolysis) is 1. The van der Waals surface area contributed by atoms with Crippen LogP contribution in [0.4, 0.5) is 4.79 Å². The first-order valence-corrected chi connectivity index (χ1v) is 12.6. The van der Waals surface area contributed by atoms with E-state index in [1.807, 2.05) is 31.2 Å². The van der Waals surface area contributed by atoms with Crippen LogP contribution in [0, 0.1) is 5.92 Å². The summed E-state index contributed by atoms with van der Waals surface area (Å²) in [6.07, 6.45) is 3.60. The van der Waals surface area contributed by atoms with E-state index in [2.05, 4.69) is 36.8 Å². The van der Waals surface area contributed by atoms with Gasteiger partial charge in [-0.1, -0.05) is 51.1 Å². The molecule has 1 saturated carbocycles. The van der Waals surface area contributed by atoms with Gasteiger partial charge in [0.15, 0.2) is 0 Å². The van der Waals surface area contributed by atoms with Crippen LogP contribution in [-0.2, 0) is 14.3 Å². The number of amides is 3. The molecule has 3 amide bonds. The molecule has 0 bridgehead atoms. The summed E-state index contributed by atoms with van der Waals surface area (Å²) in [5, 5.41) is 5.64. The molecule has 1 aliphatic rings. The lowest BCUT2D eigenvalue weighted by molar-refractivity contribution is -0.143. The summed E-state index contributed by atoms with van der Waals surface area (Å²) >= 11 is 4.32. The van der Waals surface area contributed by atoms with E-state index in [0.29, 0.717) is 12.1 Å². The van der Waals surface area contributed by atoms with Gasteiger partial charge in [-0.15, -0.1) is 0 Å². The lowest BCUT2D eigenvalue weighted by atomic mass is 10.00. The molecule has 0 spiro atoms. The maximum atomic E-state index is 13.8. The molecule has 2 rings (SSSR count). The van der Waals surface area contributed by atoms with Gasteiger partial charge in [-0.2, -0.15) is 12.6 Å². The molecule has 1 aromatic carbocycles. The molecule has 0 aromatic heterocycles. The van der Waals surface area contributed by atoms with Gasteiger partial charge in [-0.25, -0.2) is 4.79 Å². The first-order chi connectivity index (χ1) is 16.0. The Hall–Kier alpha value is -2.48. The van der Waals surface area contributed by atoms with Crippen molar-refractivity contribution in [1.82, 2.24) is 15.5 Å². The Kier molecular flexibility index (Phi) is 10.0. The van der Waals surface area contributed by atoms with E-state index in [0.717, 1.165) is 24.8 Å². The number of ether oxygens (including phenoxy) is 1. The number of rotatable bonds is 11. The van der Waals surface area contributed by atoms with Gasteiger partial charge in [-0.05, 0) is 56.7 Å². The van der Waals surface area contributed by atoms with E-state index < -0.39 is 23.8 Å². The van der Waals surface area contributed by atoms with Gasteiger partial charge in [0.2, 0.25) is 11.8 Å². The van der Waals surface area contributed by atoms with Crippen LogP contribution in [0.3, 0.4) is 0 Å². The highest BCUT2D eigenvalue weighted by Gasteiger charge is 2.48. The summed E-state index contributed by atoms with van der Waals surface area (Å²) in [5.41, 5.74) is 0.859. The molecule has 0 heterocycles. The van der Waals surface area contributed by atoms with Crippen LogP contribution < -0.4 is 10.6 Å².